The molecule has 2 aliphatic rings. The summed E-state index contributed by atoms with van der Waals surface area (Å²) in [5, 5.41) is 9.17. The van der Waals surface area contributed by atoms with E-state index in [1.54, 1.807) is 23.8 Å². The molecule has 1 aliphatic heterocycles. The zero-order chi connectivity index (χ0) is 24.3. The Morgan fingerprint density at radius 3 is 2.45 bits per heavy atom. The van der Waals surface area contributed by atoms with Crippen LogP contribution in [-0.4, -0.2) is 45.8 Å². The first-order chi connectivity index (χ1) is 16.0. The van der Waals surface area contributed by atoms with Gasteiger partial charge in [0.05, 0.1) is 17.4 Å². The molecule has 8 heteroatoms. The first kappa shape index (κ1) is 27.0. The van der Waals surface area contributed by atoms with Crippen molar-refractivity contribution in [2.24, 2.45) is 10.9 Å². The molecule has 1 aliphatic carbocycles. The fourth-order valence-corrected chi connectivity index (χ4v) is 4.95. The van der Waals surface area contributed by atoms with Gasteiger partial charge in [-0.15, -0.1) is 0 Å². The number of nitrogens with one attached hydrogen (secondary N) is 1. The van der Waals surface area contributed by atoms with Gasteiger partial charge in [-0.1, -0.05) is 32.1 Å². The number of aliphatic imine (C=N–C) groups is 1. The van der Waals surface area contributed by atoms with Crippen molar-refractivity contribution in [1.82, 2.24) is 5.48 Å². The summed E-state index contributed by atoms with van der Waals surface area (Å²) in [4.78, 5) is 17.3. The molecule has 182 valence electrons. The van der Waals surface area contributed by atoms with Crippen LogP contribution < -0.4 is 5.48 Å². The second-order valence-corrected chi connectivity index (χ2v) is 9.66. The van der Waals surface area contributed by atoms with Crippen LogP contribution in [0, 0.1) is 5.92 Å². The van der Waals surface area contributed by atoms with Gasteiger partial charge in [0, 0.05) is 24.3 Å². The molecule has 1 unspecified atom stereocenters. The Morgan fingerprint density at radius 1 is 1.27 bits per heavy atom. The number of carbonyl (C=O) groups is 1. The number of amides is 1. The molecular weight excluding hydrogens is 440 g/mol. The summed E-state index contributed by atoms with van der Waals surface area (Å²) < 4.78 is 23.1. The van der Waals surface area contributed by atoms with Crippen molar-refractivity contribution in [1.29, 1.82) is 0 Å². The van der Waals surface area contributed by atoms with E-state index in [4.69, 9.17) is 14.7 Å². The fraction of sp³-hybridized carbons (Fsp3) is 0.520. The molecule has 0 aromatic heterocycles. The number of hydrogen-bond donors (Lipinski definition) is 2. The summed E-state index contributed by atoms with van der Waals surface area (Å²) in [6.45, 7) is 9.23. The summed E-state index contributed by atoms with van der Waals surface area (Å²) in [6.07, 6.45) is 8.52. The highest BCUT2D eigenvalue weighted by Crippen LogP contribution is 2.33. The summed E-state index contributed by atoms with van der Waals surface area (Å²) in [7, 11) is -1.62. The smallest absolute Gasteiger partial charge is 0.262 e. The summed E-state index contributed by atoms with van der Waals surface area (Å²) in [5.41, 5.74) is 3.55. The van der Waals surface area contributed by atoms with E-state index < -0.39 is 21.5 Å². The minimum absolute atomic E-state index is 0.288. The maximum absolute atomic E-state index is 13.2. The van der Waals surface area contributed by atoms with Crippen molar-refractivity contribution >= 4 is 28.2 Å². The van der Waals surface area contributed by atoms with Gasteiger partial charge >= 0.3 is 0 Å². The van der Waals surface area contributed by atoms with E-state index in [1.165, 1.54) is 12.8 Å². The Labute approximate surface area is 199 Å². The predicted octanol–water partition coefficient (Wildman–Crippen LogP) is 4.64. The lowest BCUT2D eigenvalue weighted by atomic mass is 9.98. The quantitative estimate of drug-likeness (QED) is 0.247. The van der Waals surface area contributed by atoms with E-state index in [1.807, 2.05) is 52.0 Å². The topological polar surface area (TPSA) is 97.2 Å². The molecule has 1 saturated carbocycles. The molecule has 0 radical (unpaired) electrons. The molecule has 1 aromatic carbocycles. The van der Waals surface area contributed by atoms with Crippen molar-refractivity contribution in [3.8, 4) is 0 Å². The van der Waals surface area contributed by atoms with Crippen LogP contribution in [0.2, 0.25) is 0 Å². The van der Waals surface area contributed by atoms with Crippen LogP contribution in [-0.2, 0) is 25.1 Å². The molecule has 7 nitrogen and oxygen atoms in total. The Bertz CT molecular complexity index is 883. The van der Waals surface area contributed by atoms with E-state index in [0.717, 1.165) is 11.1 Å². The van der Waals surface area contributed by atoms with Crippen molar-refractivity contribution in [2.45, 2.75) is 63.0 Å². The third-order valence-corrected chi connectivity index (χ3v) is 7.56. The molecule has 3 rings (SSSR count). The van der Waals surface area contributed by atoms with E-state index in [9.17, 15) is 9.00 Å². The Balaban J connectivity index is 0.00000187. The molecule has 1 atom stereocenters. The third-order valence-electron chi connectivity index (χ3n) is 5.55. The van der Waals surface area contributed by atoms with Crippen molar-refractivity contribution < 1.29 is 23.7 Å². The Kier molecular flexibility index (Phi) is 11.0. The maximum atomic E-state index is 13.2. The standard InChI is InChI=1S/C23H30N2O5S.C2H6/c1-3-4-21(30-16-18-5-6-18)24-15-17(2)19-7-9-20(10-8-19)31(28)23(22(26)25-27)11-13-29-14-12-23;1-2/h3-4,7-10,15,18,27H,5-6,11-14,16H2,1-2H3,(H,25,26);1-2H3/b4-3?,17-15+,24-21?;. The lowest BCUT2D eigenvalue weighted by Crippen LogP contribution is -2.52. The number of ether oxygens (including phenoxy) is 2. The third kappa shape index (κ3) is 7.35. The van der Waals surface area contributed by atoms with Gasteiger partial charge in [-0.25, -0.2) is 10.5 Å². The van der Waals surface area contributed by atoms with E-state index in [0.29, 0.717) is 36.5 Å². The van der Waals surface area contributed by atoms with E-state index >= 15 is 0 Å². The molecule has 33 heavy (non-hydrogen) atoms. The zero-order valence-electron chi connectivity index (χ0n) is 20.0. The predicted molar refractivity (Wildman–Crippen MR) is 131 cm³/mol. The van der Waals surface area contributed by atoms with Crippen LogP contribution in [0.1, 0.15) is 58.9 Å². The van der Waals surface area contributed by atoms with Gasteiger partial charge < -0.3 is 9.47 Å². The average Bonchev–Trinajstić information content (AvgIpc) is 3.71. The van der Waals surface area contributed by atoms with Gasteiger partial charge in [0.1, 0.15) is 4.75 Å². The maximum Gasteiger partial charge on any atom is 0.262 e. The molecule has 1 saturated heterocycles. The number of hydroxylamine groups is 1. The van der Waals surface area contributed by atoms with Crippen LogP contribution in [0.4, 0.5) is 0 Å². The van der Waals surface area contributed by atoms with Crippen molar-refractivity contribution in [3.05, 3.63) is 48.2 Å². The van der Waals surface area contributed by atoms with Crippen LogP contribution in [0.5, 0.6) is 0 Å². The van der Waals surface area contributed by atoms with Gasteiger partial charge in [0.15, 0.2) is 0 Å². The molecular formula is C25H36N2O5S. The monoisotopic (exact) mass is 476 g/mol. The van der Waals surface area contributed by atoms with Crippen LogP contribution in [0.15, 0.2) is 52.5 Å². The Hall–Kier alpha value is -2.29. The van der Waals surface area contributed by atoms with Crippen LogP contribution in [0.3, 0.4) is 0 Å². The first-order valence-corrected chi connectivity index (χ1v) is 12.7. The second-order valence-electron chi connectivity index (χ2n) is 7.87. The first-order valence-electron chi connectivity index (χ1n) is 11.5. The largest absolute Gasteiger partial charge is 0.477 e. The number of allylic oxidation sites excluding steroid dienone is 2. The number of carbonyl (C=O) groups excluding carboxylic acids is 1. The minimum Gasteiger partial charge on any atom is -0.477 e. The van der Waals surface area contributed by atoms with E-state index in [-0.39, 0.29) is 12.8 Å². The molecule has 1 aromatic rings. The molecule has 2 N–H and O–H groups in total. The van der Waals surface area contributed by atoms with Gasteiger partial charge in [-0.3, -0.25) is 14.2 Å². The minimum atomic E-state index is -1.62. The molecule has 1 heterocycles. The zero-order valence-corrected chi connectivity index (χ0v) is 20.8. The normalized spacial score (nSPS) is 19.4. The SMILES string of the molecule is CC.CC=CC(=N/C=C(\C)c1ccc(S(=O)C2(C(=O)NO)CCOCC2)cc1)OCC1CC1. The highest BCUT2D eigenvalue weighted by atomic mass is 32.2. The highest BCUT2D eigenvalue weighted by molar-refractivity contribution is 7.87. The average molecular weight is 477 g/mol. The number of rotatable bonds is 8. The summed E-state index contributed by atoms with van der Waals surface area (Å²) in [6, 6.07) is 7.23. The van der Waals surface area contributed by atoms with Crippen LogP contribution in [0.25, 0.3) is 5.57 Å². The number of nitrogens with zero attached hydrogens (tertiary/aromatic N) is 1. The van der Waals surface area contributed by atoms with Crippen LogP contribution >= 0.6 is 0 Å². The number of benzene rings is 1. The van der Waals surface area contributed by atoms with Gasteiger partial charge in [0.25, 0.3) is 5.91 Å². The van der Waals surface area contributed by atoms with Crippen molar-refractivity contribution in [3.63, 3.8) is 0 Å². The molecule has 1 amide bonds. The van der Waals surface area contributed by atoms with Gasteiger partial charge in [-0.2, -0.15) is 0 Å². The molecule has 2 fully saturated rings. The molecule has 0 bridgehead atoms. The van der Waals surface area contributed by atoms with Crippen molar-refractivity contribution in [2.75, 3.05) is 19.8 Å². The fourth-order valence-electron chi connectivity index (χ4n) is 3.36. The second kappa shape index (κ2) is 13.4. The Morgan fingerprint density at radius 2 is 1.91 bits per heavy atom. The number of hydrogen-bond acceptors (Lipinski definition) is 6. The summed E-state index contributed by atoms with van der Waals surface area (Å²) >= 11 is 0. The van der Waals surface area contributed by atoms with E-state index in [2.05, 4.69) is 4.99 Å². The highest BCUT2D eigenvalue weighted by Gasteiger charge is 2.46. The lowest BCUT2D eigenvalue weighted by molar-refractivity contribution is -0.134. The molecule has 0 spiro atoms. The van der Waals surface area contributed by atoms with Gasteiger partial charge in [0.2, 0.25) is 5.90 Å². The summed E-state index contributed by atoms with van der Waals surface area (Å²) in [5.74, 6) is 0.607. The lowest BCUT2D eigenvalue weighted by Gasteiger charge is -2.33. The van der Waals surface area contributed by atoms with Gasteiger partial charge in [-0.05, 0) is 74.8 Å².